The molecular weight excluding hydrogens is 183 g/mol. The van der Waals surface area contributed by atoms with Crippen molar-refractivity contribution in [1.29, 1.82) is 0 Å². The highest BCUT2D eigenvalue weighted by atomic mass is 79.9. The molecule has 0 aliphatic carbocycles. The molecule has 4 heteroatoms. The molecule has 0 aromatic rings. The van der Waals surface area contributed by atoms with E-state index in [9.17, 15) is 4.79 Å². The van der Waals surface area contributed by atoms with Crippen molar-refractivity contribution in [2.75, 3.05) is 0 Å². The van der Waals surface area contributed by atoms with Gasteiger partial charge < -0.3 is 5.11 Å². The Morgan fingerprint density at radius 2 is 2.29 bits per heavy atom. The Kier molecular flexibility index (Phi) is 3.04. The van der Waals surface area contributed by atoms with Crippen LogP contribution < -0.4 is 0 Å². The van der Waals surface area contributed by atoms with Crippen LogP contribution in [-0.4, -0.2) is 11.1 Å². The van der Waals surface area contributed by atoms with Crippen molar-refractivity contribution in [2.45, 2.75) is 0 Å². The largest absolute Gasteiger partial charge is 0.477 e. The van der Waals surface area contributed by atoms with Crippen LogP contribution in [0.2, 0.25) is 0 Å². The molecular formula is C3H2BrClO2. The molecule has 0 amide bonds. The van der Waals surface area contributed by atoms with Gasteiger partial charge in [-0.05, 0) is 15.9 Å². The quantitative estimate of drug-likeness (QED) is 0.629. The number of halogens is 2. The van der Waals surface area contributed by atoms with Crippen LogP contribution in [0.15, 0.2) is 10.0 Å². The van der Waals surface area contributed by atoms with E-state index >= 15 is 0 Å². The average Bonchev–Trinajstić information content (AvgIpc) is 1.65. The molecule has 0 radical (unpaired) electrons. The molecule has 0 spiro atoms. The van der Waals surface area contributed by atoms with Crippen LogP contribution in [0.1, 0.15) is 0 Å². The minimum Gasteiger partial charge on any atom is -0.477 e. The first-order valence-electron chi connectivity index (χ1n) is 1.37. The van der Waals surface area contributed by atoms with Crippen LogP contribution in [-0.2, 0) is 4.79 Å². The average molecular weight is 185 g/mol. The van der Waals surface area contributed by atoms with Crippen molar-refractivity contribution < 1.29 is 9.90 Å². The zero-order chi connectivity index (χ0) is 5.86. The first-order valence-corrected chi connectivity index (χ1v) is 2.60. The zero-order valence-electron chi connectivity index (χ0n) is 3.19. The highest BCUT2D eigenvalue weighted by molar-refractivity contribution is 9.12. The molecule has 0 atom stereocenters. The predicted molar refractivity (Wildman–Crippen MR) is 30.5 cm³/mol. The van der Waals surface area contributed by atoms with Crippen molar-refractivity contribution in [3.8, 4) is 0 Å². The number of carboxylic acids is 1. The monoisotopic (exact) mass is 184 g/mol. The number of hydrogen-bond acceptors (Lipinski definition) is 1. The first kappa shape index (κ1) is 6.98. The third kappa shape index (κ3) is 2.65. The van der Waals surface area contributed by atoms with E-state index in [4.69, 9.17) is 16.7 Å². The van der Waals surface area contributed by atoms with Gasteiger partial charge in [0.25, 0.3) is 0 Å². The van der Waals surface area contributed by atoms with Crippen molar-refractivity contribution in [3.63, 3.8) is 0 Å². The lowest BCUT2D eigenvalue weighted by Gasteiger charge is -1.80. The first-order chi connectivity index (χ1) is 3.18. The highest BCUT2D eigenvalue weighted by Gasteiger charge is 1.97. The molecule has 2 nitrogen and oxygen atoms in total. The molecule has 40 valence electrons. The second kappa shape index (κ2) is 3.04. The molecule has 0 saturated carbocycles. The summed E-state index contributed by atoms with van der Waals surface area (Å²) in [5.41, 5.74) is 0.947. The third-order valence-electron chi connectivity index (χ3n) is 0.300. The lowest BCUT2D eigenvalue weighted by Crippen LogP contribution is -1.90. The van der Waals surface area contributed by atoms with Gasteiger partial charge in [0, 0.05) is 5.54 Å². The van der Waals surface area contributed by atoms with Crippen LogP contribution in [0, 0.1) is 0 Å². The van der Waals surface area contributed by atoms with Gasteiger partial charge in [-0.1, -0.05) is 11.6 Å². The summed E-state index contributed by atoms with van der Waals surface area (Å²) in [6.07, 6.45) is 0. The lowest BCUT2D eigenvalue weighted by atomic mass is 10.7. The topological polar surface area (TPSA) is 37.3 Å². The van der Waals surface area contributed by atoms with Gasteiger partial charge in [-0.15, -0.1) is 0 Å². The Balaban J connectivity index is 3.82. The Morgan fingerprint density at radius 1 is 1.86 bits per heavy atom. The summed E-state index contributed by atoms with van der Waals surface area (Å²) >= 11 is 7.63. The summed E-state index contributed by atoms with van der Waals surface area (Å²) in [5, 5.41) is 7.98. The van der Waals surface area contributed by atoms with E-state index in [1.54, 1.807) is 0 Å². The van der Waals surface area contributed by atoms with Crippen molar-refractivity contribution in [2.24, 2.45) is 0 Å². The number of aliphatic carboxylic acids is 1. The van der Waals surface area contributed by atoms with Crippen LogP contribution >= 0.6 is 27.5 Å². The number of rotatable bonds is 1. The molecule has 0 unspecified atom stereocenters. The molecule has 0 heterocycles. The second-order valence-electron chi connectivity index (χ2n) is 0.762. The summed E-state index contributed by atoms with van der Waals surface area (Å²) in [7, 11) is 0. The summed E-state index contributed by atoms with van der Waals surface area (Å²) in [6.45, 7) is 0. The van der Waals surface area contributed by atoms with Gasteiger partial charge in [0.1, 0.15) is 4.48 Å². The molecule has 0 aliphatic heterocycles. The standard InChI is InChI=1S/C3H2BrClO2/c4-2(1-5)3(6)7/h1H,(H,6,7). The summed E-state index contributed by atoms with van der Waals surface area (Å²) < 4.78 is -0.0332. The van der Waals surface area contributed by atoms with E-state index in [0.717, 1.165) is 5.54 Å². The smallest absolute Gasteiger partial charge is 0.343 e. The Hall–Kier alpha value is -0.0200. The lowest BCUT2D eigenvalue weighted by molar-refractivity contribution is -0.131. The van der Waals surface area contributed by atoms with Crippen molar-refractivity contribution >= 4 is 33.5 Å². The fourth-order valence-corrected chi connectivity index (χ4v) is 0.140. The van der Waals surface area contributed by atoms with Gasteiger partial charge in [-0.25, -0.2) is 4.79 Å². The van der Waals surface area contributed by atoms with E-state index in [1.165, 1.54) is 0 Å². The Morgan fingerprint density at radius 3 is 2.29 bits per heavy atom. The third-order valence-corrected chi connectivity index (χ3v) is 1.35. The molecule has 1 N–H and O–H groups in total. The summed E-state index contributed by atoms with van der Waals surface area (Å²) in [5.74, 6) is -1.06. The van der Waals surface area contributed by atoms with E-state index in [-0.39, 0.29) is 4.48 Å². The Labute approximate surface area is 53.9 Å². The summed E-state index contributed by atoms with van der Waals surface area (Å²) in [4.78, 5) is 9.73. The molecule has 0 aliphatic rings. The van der Waals surface area contributed by atoms with Crippen molar-refractivity contribution in [1.82, 2.24) is 0 Å². The highest BCUT2D eigenvalue weighted by Crippen LogP contribution is 2.04. The van der Waals surface area contributed by atoms with Gasteiger partial charge in [-0.3, -0.25) is 0 Å². The van der Waals surface area contributed by atoms with E-state index in [2.05, 4.69) is 15.9 Å². The number of hydrogen-bond donors (Lipinski definition) is 1. The molecule has 0 aromatic carbocycles. The summed E-state index contributed by atoms with van der Waals surface area (Å²) in [6, 6.07) is 0. The SMILES string of the molecule is O=C(O)C(Br)=CCl. The van der Waals surface area contributed by atoms with E-state index in [0.29, 0.717) is 0 Å². The van der Waals surface area contributed by atoms with Crippen molar-refractivity contribution in [3.05, 3.63) is 10.0 Å². The molecule has 0 saturated heterocycles. The number of carbonyl (C=O) groups is 1. The molecule has 7 heavy (non-hydrogen) atoms. The molecule has 0 fully saturated rings. The fraction of sp³-hybridized carbons (Fsp3) is 0. The molecule has 0 bridgehead atoms. The number of carboxylic acid groups (broad SMARTS) is 1. The minimum absolute atomic E-state index is 0.0332. The minimum atomic E-state index is -1.06. The van der Waals surface area contributed by atoms with E-state index in [1.807, 2.05) is 0 Å². The van der Waals surface area contributed by atoms with Gasteiger partial charge in [0.15, 0.2) is 0 Å². The van der Waals surface area contributed by atoms with E-state index < -0.39 is 5.97 Å². The zero-order valence-corrected chi connectivity index (χ0v) is 5.53. The van der Waals surface area contributed by atoms with Crippen LogP contribution in [0.3, 0.4) is 0 Å². The van der Waals surface area contributed by atoms with Gasteiger partial charge in [0.2, 0.25) is 0 Å². The molecule has 0 aromatic heterocycles. The van der Waals surface area contributed by atoms with Gasteiger partial charge in [-0.2, -0.15) is 0 Å². The maximum Gasteiger partial charge on any atom is 0.343 e. The van der Waals surface area contributed by atoms with Crippen LogP contribution in [0.4, 0.5) is 0 Å². The Bertz CT molecular complexity index is 110. The van der Waals surface area contributed by atoms with Crippen LogP contribution in [0.5, 0.6) is 0 Å². The maximum atomic E-state index is 9.73. The van der Waals surface area contributed by atoms with Gasteiger partial charge >= 0.3 is 5.97 Å². The normalized spacial score (nSPS) is 11.4. The maximum absolute atomic E-state index is 9.73. The van der Waals surface area contributed by atoms with Crippen LogP contribution in [0.25, 0.3) is 0 Å². The predicted octanol–water partition coefficient (Wildman–Crippen LogP) is 1.55. The fourth-order valence-electron chi connectivity index (χ4n) is 0.0467. The molecule has 0 rings (SSSR count). The van der Waals surface area contributed by atoms with Gasteiger partial charge in [0.05, 0.1) is 0 Å². The second-order valence-corrected chi connectivity index (χ2v) is 1.83.